The topological polar surface area (TPSA) is 28.7 Å². The van der Waals surface area contributed by atoms with Crippen LogP contribution in [0.3, 0.4) is 0 Å². The average Bonchev–Trinajstić information content (AvgIpc) is 2.74. The molecular weight excluding hydrogens is 208 g/mol. The Balaban J connectivity index is 2.47. The van der Waals surface area contributed by atoms with Gasteiger partial charge in [-0.05, 0) is 12.5 Å². The van der Waals surface area contributed by atoms with Crippen LogP contribution in [-0.2, 0) is 0 Å². The minimum atomic E-state index is 0.735. The number of halogens is 1. The number of H-pyrrole nitrogens is 1. The van der Waals surface area contributed by atoms with Crippen LogP contribution < -0.4 is 0 Å². The first-order valence-electron chi connectivity index (χ1n) is 4.64. The molecular formula is C12H11ClN2. The molecule has 0 amide bonds. The first-order chi connectivity index (χ1) is 7.20. The molecule has 0 fully saturated rings. The van der Waals surface area contributed by atoms with Gasteiger partial charge in [-0.15, -0.1) is 0 Å². The van der Waals surface area contributed by atoms with Gasteiger partial charge in [0.1, 0.15) is 5.82 Å². The molecule has 0 atom stereocenters. The number of benzene rings is 1. The molecule has 0 unspecified atom stereocenters. The van der Waals surface area contributed by atoms with Crippen molar-refractivity contribution >= 4 is 17.2 Å². The Kier molecular flexibility index (Phi) is 2.60. The number of imidazole rings is 1. The molecule has 0 aliphatic carbocycles. The van der Waals surface area contributed by atoms with Crippen LogP contribution in [0.5, 0.6) is 0 Å². The van der Waals surface area contributed by atoms with Gasteiger partial charge in [-0.25, -0.2) is 4.98 Å². The lowest BCUT2D eigenvalue weighted by Gasteiger charge is -2.07. The van der Waals surface area contributed by atoms with E-state index < -0.39 is 0 Å². The van der Waals surface area contributed by atoms with Crippen LogP contribution in [0.4, 0.5) is 0 Å². The van der Waals surface area contributed by atoms with E-state index in [1.807, 2.05) is 25.1 Å². The summed E-state index contributed by atoms with van der Waals surface area (Å²) < 4.78 is 0. The molecule has 0 saturated carbocycles. The smallest absolute Gasteiger partial charge is 0.137 e. The molecule has 76 valence electrons. The molecule has 1 heterocycles. The van der Waals surface area contributed by atoms with Gasteiger partial charge in [0.25, 0.3) is 0 Å². The highest BCUT2D eigenvalue weighted by atomic mass is 35.5. The highest BCUT2D eigenvalue weighted by Crippen LogP contribution is 2.28. The number of nitrogens with one attached hydrogen (secondary N) is 1. The van der Waals surface area contributed by atoms with Crippen molar-refractivity contribution < 1.29 is 0 Å². The van der Waals surface area contributed by atoms with E-state index in [2.05, 4.69) is 16.5 Å². The lowest BCUT2D eigenvalue weighted by atomic mass is 10.0. The molecule has 0 bridgehead atoms. The Hall–Kier alpha value is -1.54. The molecule has 0 radical (unpaired) electrons. The summed E-state index contributed by atoms with van der Waals surface area (Å²) >= 11 is 6.20. The molecule has 1 aromatic carbocycles. The quantitative estimate of drug-likeness (QED) is 0.822. The van der Waals surface area contributed by atoms with E-state index in [1.165, 1.54) is 0 Å². The number of nitrogens with zero attached hydrogens (tertiary/aromatic N) is 1. The van der Waals surface area contributed by atoms with Gasteiger partial charge in [0.15, 0.2) is 0 Å². The molecule has 2 nitrogen and oxygen atoms in total. The summed E-state index contributed by atoms with van der Waals surface area (Å²) in [4.78, 5) is 7.16. The molecule has 2 aromatic rings. The zero-order chi connectivity index (χ0) is 10.8. The van der Waals surface area contributed by atoms with Crippen molar-refractivity contribution in [2.75, 3.05) is 0 Å². The first-order valence-corrected chi connectivity index (χ1v) is 5.02. The number of aryl methyl sites for hydroxylation is 1. The molecule has 0 aliphatic rings. The summed E-state index contributed by atoms with van der Waals surface area (Å²) in [6.07, 6.45) is 3.47. The summed E-state index contributed by atoms with van der Waals surface area (Å²) in [5, 5.41) is 0.735. The normalized spacial score (nSPS) is 10.3. The second-order valence-electron chi connectivity index (χ2n) is 3.35. The van der Waals surface area contributed by atoms with E-state index >= 15 is 0 Å². The molecule has 0 spiro atoms. The maximum absolute atomic E-state index is 6.20. The van der Waals surface area contributed by atoms with Crippen LogP contribution in [0.15, 0.2) is 37.2 Å². The summed E-state index contributed by atoms with van der Waals surface area (Å²) in [7, 11) is 0. The fraction of sp³-hybridized carbons (Fsp3) is 0.0833. The van der Waals surface area contributed by atoms with Crippen molar-refractivity contribution in [2.24, 2.45) is 0 Å². The summed E-state index contributed by atoms with van der Waals surface area (Å²) in [5.74, 6) is 0.752. The van der Waals surface area contributed by atoms with Crippen molar-refractivity contribution in [2.45, 2.75) is 6.92 Å². The van der Waals surface area contributed by atoms with E-state index in [-0.39, 0.29) is 0 Å². The monoisotopic (exact) mass is 218 g/mol. The highest BCUT2D eigenvalue weighted by molar-refractivity contribution is 6.33. The lowest BCUT2D eigenvalue weighted by molar-refractivity contribution is 1.24. The van der Waals surface area contributed by atoms with E-state index in [4.69, 9.17) is 11.6 Å². The second-order valence-corrected chi connectivity index (χ2v) is 3.73. The third kappa shape index (κ3) is 1.81. The number of rotatable bonds is 2. The summed E-state index contributed by atoms with van der Waals surface area (Å²) in [5.41, 5.74) is 2.78. The van der Waals surface area contributed by atoms with Crippen molar-refractivity contribution in [1.29, 1.82) is 0 Å². The number of hydrogen-bond acceptors (Lipinski definition) is 1. The largest absolute Gasteiger partial charge is 0.345 e. The van der Waals surface area contributed by atoms with E-state index in [0.717, 1.165) is 27.5 Å². The van der Waals surface area contributed by atoms with Gasteiger partial charge in [-0.1, -0.05) is 36.4 Å². The van der Waals surface area contributed by atoms with Crippen molar-refractivity contribution in [3.8, 4) is 0 Å². The third-order valence-corrected chi connectivity index (χ3v) is 2.80. The van der Waals surface area contributed by atoms with E-state index in [0.29, 0.717) is 0 Å². The maximum Gasteiger partial charge on any atom is 0.137 e. The average molecular weight is 219 g/mol. The van der Waals surface area contributed by atoms with Crippen LogP contribution in [0.25, 0.3) is 5.57 Å². The molecule has 2 rings (SSSR count). The van der Waals surface area contributed by atoms with Crippen LogP contribution in [0.1, 0.15) is 17.0 Å². The summed E-state index contributed by atoms with van der Waals surface area (Å²) in [6, 6.07) is 5.88. The zero-order valence-corrected chi connectivity index (χ0v) is 9.17. The van der Waals surface area contributed by atoms with Gasteiger partial charge in [0, 0.05) is 23.5 Å². The third-order valence-electron chi connectivity index (χ3n) is 2.30. The first kappa shape index (κ1) is 9.99. The highest BCUT2D eigenvalue weighted by Gasteiger charge is 2.09. The molecule has 15 heavy (non-hydrogen) atoms. The van der Waals surface area contributed by atoms with Gasteiger partial charge < -0.3 is 4.98 Å². The van der Waals surface area contributed by atoms with E-state index in [1.54, 1.807) is 12.4 Å². The fourth-order valence-electron chi connectivity index (χ4n) is 1.44. The van der Waals surface area contributed by atoms with Gasteiger partial charge in [-0.2, -0.15) is 0 Å². The molecule has 1 N–H and O–H groups in total. The fourth-order valence-corrected chi connectivity index (χ4v) is 1.68. The van der Waals surface area contributed by atoms with Gasteiger partial charge in [0.2, 0.25) is 0 Å². The van der Waals surface area contributed by atoms with Crippen LogP contribution >= 0.6 is 11.6 Å². The predicted molar refractivity (Wildman–Crippen MR) is 62.9 cm³/mol. The van der Waals surface area contributed by atoms with Gasteiger partial charge >= 0.3 is 0 Å². The summed E-state index contributed by atoms with van der Waals surface area (Å²) in [6.45, 7) is 5.96. The van der Waals surface area contributed by atoms with Crippen LogP contribution in [0, 0.1) is 6.92 Å². The SMILES string of the molecule is C=C(c1ncc[nH]1)c1cccc(C)c1Cl. The predicted octanol–water partition coefficient (Wildman–Crippen LogP) is 3.43. The maximum atomic E-state index is 6.20. The number of aromatic nitrogens is 2. The van der Waals surface area contributed by atoms with Crippen molar-refractivity contribution in [3.05, 3.63) is 59.1 Å². The number of aromatic amines is 1. The minimum Gasteiger partial charge on any atom is -0.345 e. The van der Waals surface area contributed by atoms with Gasteiger partial charge in [0.05, 0.1) is 5.02 Å². The Labute approximate surface area is 93.6 Å². The van der Waals surface area contributed by atoms with Crippen molar-refractivity contribution in [1.82, 2.24) is 9.97 Å². The molecule has 1 aromatic heterocycles. The zero-order valence-electron chi connectivity index (χ0n) is 8.42. The van der Waals surface area contributed by atoms with Gasteiger partial charge in [-0.3, -0.25) is 0 Å². The standard InChI is InChI=1S/C12H11ClN2/c1-8-4-3-5-10(11(8)13)9(2)12-14-6-7-15-12/h3-7H,2H2,1H3,(H,14,15). The Bertz CT molecular complexity index is 486. The van der Waals surface area contributed by atoms with Crippen LogP contribution in [-0.4, -0.2) is 9.97 Å². The number of hydrogen-bond donors (Lipinski definition) is 1. The Morgan fingerprint density at radius 1 is 1.47 bits per heavy atom. The Morgan fingerprint density at radius 3 is 2.93 bits per heavy atom. The molecule has 3 heteroatoms. The Morgan fingerprint density at radius 2 is 2.27 bits per heavy atom. The van der Waals surface area contributed by atoms with Crippen molar-refractivity contribution in [3.63, 3.8) is 0 Å². The molecule has 0 saturated heterocycles. The molecule has 0 aliphatic heterocycles. The second kappa shape index (κ2) is 3.91. The van der Waals surface area contributed by atoms with Crippen LogP contribution in [0.2, 0.25) is 5.02 Å². The minimum absolute atomic E-state index is 0.735. The lowest BCUT2D eigenvalue weighted by Crippen LogP contribution is -1.91. The van der Waals surface area contributed by atoms with E-state index in [9.17, 15) is 0 Å².